The molecule has 1 aromatic carbocycles. The summed E-state index contributed by atoms with van der Waals surface area (Å²) in [4.78, 5) is 4.17. The van der Waals surface area contributed by atoms with Crippen molar-refractivity contribution in [3.8, 4) is 0 Å². The number of nitrogens with one attached hydrogen (secondary N) is 1. The first-order chi connectivity index (χ1) is 10.3. The van der Waals surface area contributed by atoms with Gasteiger partial charge in [-0.15, -0.1) is 0 Å². The van der Waals surface area contributed by atoms with Crippen molar-refractivity contribution < 1.29 is 0 Å². The monoisotopic (exact) mass is 300 g/mol. The van der Waals surface area contributed by atoms with Gasteiger partial charge in [-0.25, -0.2) is 0 Å². The predicted octanol–water partition coefficient (Wildman–Crippen LogP) is 4.39. The summed E-state index contributed by atoms with van der Waals surface area (Å²) >= 11 is 2.06. The van der Waals surface area contributed by atoms with Crippen LogP contribution < -0.4 is 5.32 Å². The zero-order valence-electron chi connectivity index (χ0n) is 12.8. The van der Waals surface area contributed by atoms with Crippen molar-refractivity contribution in [2.45, 2.75) is 43.4 Å². The van der Waals surface area contributed by atoms with Crippen LogP contribution in [0.4, 0.5) is 0 Å². The molecule has 0 amide bonds. The molecule has 1 N–H and O–H groups in total. The fraction of sp³-hybridized carbons (Fsp3) is 0.500. The summed E-state index contributed by atoms with van der Waals surface area (Å²) in [6.07, 6.45) is 13.0. The summed E-state index contributed by atoms with van der Waals surface area (Å²) in [7, 11) is 0. The van der Waals surface area contributed by atoms with Crippen LogP contribution in [0.1, 0.15) is 37.7 Å². The highest BCUT2D eigenvalue weighted by Gasteiger charge is 2.30. The number of thioether (sulfide) groups is 1. The summed E-state index contributed by atoms with van der Waals surface area (Å²) in [6.45, 7) is 2.09. The minimum absolute atomic E-state index is 0.471. The van der Waals surface area contributed by atoms with Crippen LogP contribution in [0.3, 0.4) is 0 Å². The van der Waals surface area contributed by atoms with Crippen LogP contribution >= 0.6 is 11.8 Å². The van der Waals surface area contributed by atoms with E-state index in [2.05, 4.69) is 52.6 Å². The minimum Gasteiger partial charge on any atom is -0.311 e. The summed E-state index contributed by atoms with van der Waals surface area (Å²) < 4.78 is 0.471. The molecule has 0 radical (unpaired) electrons. The molecule has 1 aliphatic rings. The van der Waals surface area contributed by atoms with E-state index in [9.17, 15) is 0 Å². The third kappa shape index (κ3) is 3.58. The van der Waals surface area contributed by atoms with Gasteiger partial charge in [-0.3, -0.25) is 4.98 Å². The Balaban J connectivity index is 1.60. The van der Waals surface area contributed by atoms with Gasteiger partial charge < -0.3 is 5.32 Å². The highest BCUT2D eigenvalue weighted by Crippen LogP contribution is 2.38. The molecule has 0 atom stereocenters. The van der Waals surface area contributed by atoms with Gasteiger partial charge in [-0.2, -0.15) is 11.8 Å². The predicted molar refractivity (Wildman–Crippen MR) is 92.8 cm³/mol. The van der Waals surface area contributed by atoms with Gasteiger partial charge in [0.05, 0.1) is 0 Å². The van der Waals surface area contributed by atoms with Gasteiger partial charge in [0.2, 0.25) is 0 Å². The van der Waals surface area contributed by atoms with E-state index in [4.69, 9.17) is 0 Å². The van der Waals surface area contributed by atoms with E-state index in [0.717, 1.165) is 13.1 Å². The van der Waals surface area contributed by atoms with E-state index in [1.165, 1.54) is 48.4 Å². The van der Waals surface area contributed by atoms with Crippen molar-refractivity contribution >= 4 is 22.5 Å². The normalized spacial score (nSPS) is 18.0. The van der Waals surface area contributed by atoms with Crippen LogP contribution in [0.15, 0.2) is 36.7 Å². The van der Waals surface area contributed by atoms with Crippen molar-refractivity contribution in [3.05, 3.63) is 42.2 Å². The first kappa shape index (κ1) is 14.9. The second kappa shape index (κ2) is 6.80. The molecule has 1 fully saturated rings. The van der Waals surface area contributed by atoms with Crippen molar-refractivity contribution in [3.63, 3.8) is 0 Å². The smallest absolute Gasteiger partial charge is 0.0346 e. The Labute approximate surface area is 131 Å². The fourth-order valence-electron chi connectivity index (χ4n) is 3.33. The summed E-state index contributed by atoms with van der Waals surface area (Å²) in [5.74, 6) is 0. The number of fused-ring (bicyclic) bond motifs is 1. The molecule has 0 bridgehead atoms. The zero-order valence-corrected chi connectivity index (χ0v) is 13.6. The molecule has 21 heavy (non-hydrogen) atoms. The standard InChI is InChI=1S/C18H24N2S/c1-21-18(8-3-2-4-9-18)14-20-12-15-5-6-17-13-19-10-7-16(17)11-15/h5-7,10-11,13,20H,2-4,8-9,12,14H2,1H3. The molecular formula is C18H24N2S. The third-order valence-corrected chi connectivity index (χ3v) is 6.10. The average molecular weight is 300 g/mol. The number of nitrogens with zero attached hydrogens (tertiary/aromatic N) is 1. The maximum Gasteiger partial charge on any atom is 0.0346 e. The first-order valence-electron chi connectivity index (χ1n) is 7.90. The number of pyridine rings is 1. The summed E-state index contributed by atoms with van der Waals surface area (Å²) in [5.41, 5.74) is 1.36. The number of rotatable bonds is 5. The Morgan fingerprint density at radius 2 is 2.00 bits per heavy atom. The molecule has 0 aliphatic heterocycles. The molecule has 1 aromatic heterocycles. The maximum absolute atomic E-state index is 4.17. The lowest BCUT2D eigenvalue weighted by Crippen LogP contribution is -2.39. The molecule has 0 saturated heterocycles. The highest BCUT2D eigenvalue weighted by molar-refractivity contribution is 8.00. The molecule has 0 spiro atoms. The quantitative estimate of drug-likeness (QED) is 0.886. The van der Waals surface area contributed by atoms with Crippen molar-refractivity contribution in [2.24, 2.45) is 0 Å². The summed E-state index contributed by atoms with van der Waals surface area (Å²) in [6, 6.07) is 8.74. The second-order valence-electron chi connectivity index (χ2n) is 6.11. The van der Waals surface area contributed by atoms with Crippen LogP contribution in [0.25, 0.3) is 10.8 Å². The topological polar surface area (TPSA) is 24.9 Å². The van der Waals surface area contributed by atoms with E-state index in [-0.39, 0.29) is 0 Å². The summed E-state index contributed by atoms with van der Waals surface area (Å²) in [5, 5.41) is 6.19. The molecule has 1 heterocycles. The van der Waals surface area contributed by atoms with Crippen LogP contribution in [0, 0.1) is 0 Å². The Kier molecular flexibility index (Phi) is 4.81. The third-order valence-electron chi connectivity index (χ3n) is 4.68. The number of benzene rings is 1. The lowest BCUT2D eigenvalue weighted by molar-refractivity contribution is 0.379. The largest absolute Gasteiger partial charge is 0.311 e. The van der Waals surface area contributed by atoms with Crippen LogP contribution in [-0.4, -0.2) is 22.5 Å². The molecule has 3 rings (SSSR count). The SMILES string of the molecule is CSC1(CNCc2ccc3cnccc3c2)CCCCC1. The molecule has 3 heteroatoms. The number of hydrogen-bond donors (Lipinski definition) is 1. The Morgan fingerprint density at radius 1 is 1.14 bits per heavy atom. The minimum atomic E-state index is 0.471. The van der Waals surface area contributed by atoms with E-state index in [1.54, 1.807) is 0 Å². The lowest BCUT2D eigenvalue weighted by Gasteiger charge is -2.36. The lowest BCUT2D eigenvalue weighted by atomic mass is 9.88. The van der Waals surface area contributed by atoms with Crippen LogP contribution in [0.2, 0.25) is 0 Å². The van der Waals surface area contributed by atoms with Gasteiger partial charge in [-0.05, 0) is 42.2 Å². The molecule has 1 saturated carbocycles. The molecule has 1 aliphatic carbocycles. The Morgan fingerprint density at radius 3 is 2.81 bits per heavy atom. The average Bonchev–Trinajstić information content (AvgIpc) is 2.55. The van der Waals surface area contributed by atoms with Gasteiger partial charge in [0.25, 0.3) is 0 Å². The van der Waals surface area contributed by atoms with Crippen molar-refractivity contribution in [1.29, 1.82) is 0 Å². The second-order valence-corrected chi connectivity index (χ2v) is 7.38. The van der Waals surface area contributed by atoms with Crippen molar-refractivity contribution in [1.82, 2.24) is 10.3 Å². The van der Waals surface area contributed by atoms with Gasteiger partial charge >= 0.3 is 0 Å². The molecular weight excluding hydrogens is 276 g/mol. The molecule has 112 valence electrons. The van der Waals surface area contributed by atoms with Gasteiger partial charge in [0.15, 0.2) is 0 Å². The van der Waals surface area contributed by atoms with Gasteiger partial charge in [0, 0.05) is 35.6 Å². The first-order valence-corrected chi connectivity index (χ1v) is 9.12. The number of aromatic nitrogens is 1. The fourth-order valence-corrected chi connectivity index (χ4v) is 4.27. The number of hydrogen-bond acceptors (Lipinski definition) is 3. The Hall–Kier alpha value is -1.06. The van der Waals surface area contributed by atoms with E-state index < -0.39 is 0 Å². The van der Waals surface area contributed by atoms with Crippen LogP contribution in [0.5, 0.6) is 0 Å². The molecule has 0 unspecified atom stereocenters. The maximum atomic E-state index is 4.17. The van der Waals surface area contributed by atoms with E-state index in [0.29, 0.717) is 4.75 Å². The van der Waals surface area contributed by atoms with Gasteiger partial charge in [0.1, 0.15) is 0 Å². The van der Waals surface area contributed by atoms with Crippen LogP contribution in [-0.2, 0) is 6.54 Å². The van der Waals surface area contributed by atoms with E-state index in [1.807, 2.05) is 12.4 Å². The molecule has 2 nitrogen and oxygen atoms in total. The van der Waals surface area contributed by atoms with E-state index >= 15 is 0 Å². The van der Waals surface area contributed by atoms with Gasteiger partial charge in [-0.1, -0.05) is 31.4 Å². The highest BCUT2D eigenvalue weighted by atomic mass is 32.2. The zero-order chi connectivity index (χ0) is 14.5. The Bertz CT molecular complexity index is 591. The van der Waals surface area contributed by atoms with Crippen molar-refractivity contribution in [2.75, 3.05) is 12.8 Å². The molecule has 2 aromatic rings.